The molecule has 0 aliphatic heterocycles. The summed E-state index contributed by atoms with van der Waals surface area (Å²) >= 11 is 1.89. The molecule has 0 saturated heterocycles. The summed E-state index contributed by atoms with van der Waals surface area (Å²) in [4.78, 5) is 4.81. The van der Waals surface area contributed by atoms with E-state index in [0.29, 0.717) is 5.92 Å². The van der Waals surface area contributed by atoms with Crippen molar-refractivity contribution in [2.75, 3.05) is 9.80 Å². The quantitative estimate of drug-likeness (QED) is 0.157. The van der Waals surface area contributed by atoms with E-state index in [1.54, 1.807) is 0 Å². The van der Waals surface area contributed by atoms with Gasteiger partial charge in [-0.1, -0.05) is 116 Å². The van der Waals surface area contributed by atoms with Crippen molar-refractivity contribution in [3.8, 4) is 0 Å². The molecule has 2 bridgehead atoms. The number of fused-ring (bicyclic) bond motifs is 5. The van der Waals surface area contributed by atoms with Gasteiger partial charge in [-0.25, -0.2) is 0 Å². The van der Waals surface area contributed by atoms with Gasteiger partial charge in [-0.05, 0) is 115 Å². The molecule has 1 aromatic heterocycles. The van der Waals surface area contributed by atoms with Crippen LogP contribution < -0.4 is 9.80 Å². The number of benzene rings is 7. The van der Waals surface area contributed by atoms with E-state index < -0.39 is 0 Å². The fourth-order valence-corrected chi connectivity index (χ4v) is 10.7. The van der Waals surface area contributed by atoms with Crippen molar-refractivity contribution in [2.45, 2.75) is 31.1 Å². The van der Waals surface area contributed by atoms with Gasteiger partial charge >= 0.3 is 0 Å². The highest BCUT2D eigenvalue weighted by Gasteiger charge is 2.52. The minimum Gasteiger partial charge on any atom is -0.311 e. The summed E-state index contributed by atoms with van der Waals surface area (Å²) in [7, 11) is 0. The van der Waals surface area contributed by atoms with Crippen molar-refractivity contribution in [3.63, 3.8) is 0 Å². The van der Waals surface area contributed by atoms with Gasteiger partial charge in [0.05, 0.1) is 10.4 Å². The second-order valence-electron chi connectivity index (χ2n) is 14.6. The van der Waals surface area contributed by atoms with Gasteiger partial charge in [0, 0.05) is 49.3 Å². The molecule has 3 unspecified atom stereocenters. The normalized spacial score (nSPS) is 19.3. The minimum absolute atomic E-state index is 0.0212. The lowest BCUT2D eigenvalue weighted by Crippen LogP contribution is -2.34. The van der Waals surface area contributed by atoms with Crippen LogP contribution in [0.25, 0.3) is 20.2 Å². The summed E-state index contributed by atoms with van der Waals surface area (Å²) in [5.41, 5.74) is 10.0. The van der Waals surface area contributed by atoms with E-state index >= 15 is 0 Å². The predicted octanol–water partition coefficient (Wildman–Crippen LogP) is 14.1. The highest BCUT2D eigenvalue weighted by atomic mass is 32.1. The number of anilines is 6. The molecule has 0 amide bonds. The first-order chi connectivity index (χ1) is 25.8. The molecule has 2 aliphatic rings. The van der Waals surface area contributed by atoms with E-state index in [-0.39, 0.29) is 5.41 Å². The monoisotopic (exact) mass is 688 g/mol. The van der Waals surface area contributed by atoms with Crippen molar-refractivity contribution in [1.82, 2.24) is 0 Å². The van der Waals surface area contributed by atoms with Gasteiger partial charge in [0.15, 0.2) is 0 Å². The van der Waals surface area contributed by atoms with Gasteiger partial charge in [-0.3, -0.25) is 0 Å². The highest BCUT2D eigenvalue weighted by molar-refractivity contribution is 7.26. The summed E-state index contributed by atoms with van der Waals surface area (Å²) in [5, 5.41) is 2.64. The van der Waals surface area contributed by atoms with Crippen molar-refractivity contribution < 1.29 is 0 Å². The molecular formula is C49H40N2S. The third kappa shape index (κ3) is 5.14. The van der Waals surface area contributed by atoms with E-state index in [1.807, 2.05) is 11.3 Å². The molecule has 1 heterocycles. The number of hydrogen-bond acceptors (Lipinski definition) is 3. The second kappa shape index (κ2) is 12.8. The maximum atomic E-state index is 2.45. The summed E-state index contributed by atoms with van der Waals surface area (Å²) in [6.45, 7) is 0. The molecule has 2 nitrogen and oxygen atoms in total. The molecule has 10 rings (SSSR count). The average Bonchev–Trinajstić information content (AvgIpc) is 3.95. The standard InChI is InChI=1S/C49H40N2S/c1-4-13-39(14-5-1)50(40-15-6-2-7-16-40)42-29-25-36(26-30-42)49(34-35-23-24-38(49)33-35)37-27-31-43(32-28-37)51(41-17-8-3-9-18-41)46-21-12-20-45-44-19-10-11-22-47(44)52-48(45)46/h1-22,25-32,35,38H,23-24,33-34H2. The molecule has 3 atom stereocenters. The van der Waals surface area contributed by atoms with Crippen LogP contribution in [0.15, 0.2) is 182 Å². The summed E-state index contributed by atoms with van der Waals surface area (Å²) in [6.07, 6.45) is 5.21. The highest BCUT2D eigenvalue weighted by Crippen LogP contribution is 2.60. The zero-order chi connectivity index (χ0) is 34.5. The van der Waals surface area contributed by atoms with Crippen LogP contribution in [0.1, 0.15) is 36.8 Å². The Bertz CT molecular complexity index is 2430. The van der Waals surface area contributed by atoms with Gasteiger partial charge in [-0.2, -0.15) is 0 Å². The molecule has 2 aliphatic carbocycles. The van der Waals surface area contributed by atoms with Crippen LogP contribution in [0.2, 0.25) is 0 Å². The molecule has 252 valence electrons. The number of rotatable bonds is 8. The van der Waals surface area contributed by atoms with Crippen LogP contribution in [0.5, 0.6) is 0 Å². The molecule has 0 N–H and O–H groups in total. The van der Waals surface area contributed by atoms with Gasteiger partial charge in [0.1, 0.15) is 0 Å². The summed E-state index contributed by atoms with van der Waals surface area (Å²) in [6, 6.07) is 67.1. The molecular weight excluding hydrogens is 649 g/mol. The van der Waals surface area contributed by atoms with Gasteiger partial charge < -0.3 is 9.80 Å². The Hall–Kier alpha value is -5.64. The van der Waals surface area contributed by atoms with Crippen molar-refractivity contribution in [1.29, 1.82) is 0 Å². The lowest BCUT2D eigenvalue weighted by Gasteiger charge is -2.40. The molecule has 0 radical (unpaired) electrons. The summed E-state index contributed by atoms with van der Waals surface area (Å²) < 4.78 is 2.65. The van der Waals surface area contributed by atoms with Crippen LogP contribution in [0.3, 0.4) is 0 Å². The first kappa shape index (κ1) is 31.1. The molecule has 8 aromatic rings. The Balaban J connectivity index is 1.06. The van der Waals surface area contributed by atoms with Gasteiger partial charge in [0.2, 0.25) is 0 Å². The molecule has 3 heteroatoms. The van der Waals surface area contributed by atoms with E-state index in [2.05, 4.69) is 192 Å². The smallest absolute Gasteiger partial charge is 0.0640 e. The third-order valence-corrected chi connectivity index (χ3v) is 13.0. The lowest BCUT2D eigenvalue weighted by atomic mass is 9.64. The number of hydrogen-bond donors (Lipinski definition) is 0. The summed E-state index contributed by atoms with van der Waals surface area (Å²) in [5.74, 6) is 1.45. The number of para-hydroxylation sites is 3. The number of nitrogens with zero attached hydrogens (tertiary/aromatic N) is 2. The Kier molecular flexibility index (Phi) is 7.69. The van der Waals surface area contributed by atoms with Crippen LogP contribution >= 0.6 is 11.3 Å². The minimum atomic E-state index is 0.0212. The SMILES string of the molecule is c1ccc(N(c2ccccc2)c2ccc(C3(c4ccc(N(c5ccccc5)c5cccc6c5sc5ccccc56)cc4)CC4CCC3C4)cc2)cc1. The molecule has 7 aromatic carbocycles. The molecule has 2 fully saturated rings. The largest absolute Gasteiger partial charge is 0.311 e. The van der Waals surface area contributed by atoms with Crippen molar-refractivity contribution >= 4 is 65.6 Å². The Morgan fingerprint density at radius 2 is 0.942 bits per heavy atom. The van der Waals surface area contributed by atoms with Crippen molar-refractivity contribution in [2.24, 2.45) is 11.8 Å². The zero-order valence-electron chi connectivity index (χ0n) is 29.1. The maximum absolute atomic E-state index is 2.45. The van der Waals surface area contributed by atoms with Crippen LogP contribution in [-0.2, 0) is 5.41 Å². The topological polar surface area (TPSA) is 6.48 Å². The van der Waals surface area contributed by atoms with E-state index in [0.717, 1.165) is 5.92 Å². The number of thiophene rings is 1. The predicted molar refractivity (Wildman–Crippen MR) is 221 cm³/mol. The Morgan fingerprint density at radius 1 is 0.442 bits per heavy atom. The van der Waals surface area contributed by atoms with Crippen LogP contribution in [0.4, 0.5) is 34.1 Å². The average molecular weight is 689 g/mol. The Morgan fingerprint density at radius 3 is 1.50 bits per heavy atom. The fraction of sp³-hybridized carbons (Fsp3) is 0.143. The Labute approximate surface area is 310 Å². The second-order valence-corrected chi connectivity index (χ2v) is 15.6. The van der Waals surface area contributed by atoms with E-state index in [9.17, 15) is 0 Å². The first-order valence-corrected chi connectivity index (χ1v) is 19.4. The molecule has 0 spiro atoms. The maximum Gasteiger partial charge on any atom is 0.0640 e. The fourth-order valence-electron chi connectivity index (χ4n) is 9.53. The first-order valence-electron chi connectivity index (χ1n) is 18.6. The van der Waals surface area contributed by atoms with Gasteiger partial charge in [-0.15, -0.1) is 11.3 Å². The lowest BCUT2D eigenvalue weighted by molar-refractivity contribution is 0.320. The molecule has 52 heavy (non-hydrogen) atoms. The van der Waals surface area contributed by atoms with E-state index in [1.165, 1.54) is 91.1 Å². The zero-order valence-corrected chi connectivity index (χ0v) is 29.9. The van der Waals surface area contributed by atoms with Crippen LogP contribution in [-0.4, -0.2) is 0 Å². The molecule has 2 saturated carbocycles. The van der Waals surface area contributed by atoms with E-state index in [4.69, 9.17) is 0 Å². The third-order valence-electron chi connectivity index (χ3n) is 11.8. The van der Waals surface area contributed by atoms with Crippen LogP contribution in [0, 0.1) is 11.8 Å². The van der Waals surface area contributed by atoms with Crippen molar-refractivity contribution in [3.05, 3.63) is 193 Å². The van der Waals surface area contributed by atoms with Gasteiger partial charge in [0.25, 0.3) is 0 Å².